The molecule has 1 unspecified atom stereocenters. The van der Waals surface area contributed by atoms with Gasteiger partial charge >= 0.3 is 0 Å². The van der Waals surface area contributed by atoms with Crippen LogP contribution in [-0.2, 0) is 0 Å². The molecule has 0 bridgehead atoms. The van der Waals surface area contributed by atoms with Gasteiger partial charge in [0, 0.05) is 11.6 Å². The van der Waals surface area contributed by atoms with Crippen LogP contribution in [0.15, 0.2) is 0 Å². The van der Waals surface area contributed by atoms with Crippen LogP contribution in [0.3, 0.4) is 0 Å². The van der Waals surface area contributed by atoms with Gasteiger partial charge in [-0.15, -0.1) is 0 Å². The van der Waals surface area contributed by atoms with E-state index in [0.717, 1.165) is 0 Å². The standard InChI is InChI=1S/C7H16N2/c1-6(8)7(4-5-7)9(2)3/h6H,4-5,8H2,1-3H3. The summed E-state index contributed by atoms with van der Waals surface area (Å²) in [5.74, 6) is 0. The van der Waals surface area contributed by atoms with Gasteiger partial charge in [0.2, 0.25) is 0 Å². The first-order valence-corrected chi connectivity index (χ1v) is 3.52. The van der Waals surface area contributed by atoms with Crippen LogP contribution in [0.2, 0.25) is 0 Å². The van der Waals surface area contributed by atoms with Crippen LogP contribution in [0, 0.1) is 0 Å². The average Bonchev–Trinajstić information content (AvgIpc) is 2.40. The Kier molecular flexibility index (Phi) is 1.53. The lowest BCUT2D eigenvalue weighted by atomic mass is 10.1. The Labute approximate surface area is 57.0 Å². The van der Waals surface area contributed by atoms with Crippen LogP contribution in [0.5, 0.6) is 0 Å². The molecule has 0 heterocycles. The summed E-state index contributed by atoms with van der Waals surface area (Å²) in [7, 11) is 4.22. The van der Waals surface area contributed by atoms with Crippen molar-refractivity contribution in [1.29, 1.82) is 0 Å². The van der Waals surface area contributed by atoms with E-state index in [1.807, 2.05) is 0 Å². The Balaban J connectivity index is 2.52. The summed E-state index contributed by atoms with van der Waals surface area (Å²) in [5.41, 5.74) is 6.15. The molecule has 1 aliphatic carbocycles. The number of hydrogen-bond acceptors (Lipinski definition) is 2. The summed E-state index contributed by atoms with van der Waals surface area (Å²) in [6.07, 6.45) is 2.55. The largest absolute Gasteiger partial charge is 0.326 e. The maximum absolute atomic E-state index is 5.79. The van der Waals surface area contributed by atoms with Gasteiger partial charge in [-0.3, -0.25) is 0 Å². The van der Waals surface area contributed by atoms with E-state index in [0.29, 0.717) is 11.6 Å². The molecule has 2 nitrogen and oxygen atoms in total. The third-order valence-electron chi connectivity index (χ3n) is 2.50. The summed E-state index contributed by atoms with van der Waals surface area (Å²) in [4.78, 5) is 2.25. The third-order valence-corrected chi connectivity index (χ3v) is 2.50. The van der Waals surface area contributed by atoms with Crippen molar-refractivity contribution < 1.29 is 0 Å². The van der Waals surface area contributed by atoms with E-state index in [4.69, 9.17) is 5.73 Å². The number of likely N-dealkylation sites (N-methyl/N-ethyl adjacent to an activating group) is 1. The van der Waals surface area contributed by atoms with Gasteiger partial charge in [-0.2, -0.15) is 0 Å². The fourth-order valence-corrected chi connectivity index (χ4v) is 1.44. The lowest BCUT2D eigenvalue weighted by Crippen LogP contribution is -2.44. The molecule has 0 aromatic heterocycles. The smallest absolute Gasteiger partial charge is 0.0353 e. The molecule has 1 rings (SSSR count). The molecular formula is C7H16N2. The van der Waals surface area contributed by atoms with Crippen LogP contribution >= 0.6 is 0 Å². The van der Waals surface area contributed by atoms with Crippen LogP contribution in [0.1, 0.15) is 19.8 Å². The summed E-state index contributed by atoms with van der Waals surface area (Å²) >= 11 is 0. The zero-order valence-electron chi connectivity index (χ0n) is 6.52. The highest BCUT2D eigenvalue weighted by molar-refractivity contribution is 5.07. The maximum Gasteiger partial charge on any atom is 0.0353 e. The van der Waals surface area contributed by atoms with Crippen molar-refractivity contribution in [2.45, 2.75) is 31.3 Å². The van der Waals surface area contributed by atoms with Crippen molar-refractivity contribution in [3.63, 3.8) is 0 Å². The molecule has 2 heteroatoms. The zero-order chi connectivity index (χ0) is 7.07. The van der Waals surface area contributed by atoms with E-state index in [1.54, 1.807) is 0 Å². The minimum Gasteiger partial charge on any atom is -0.326 e. The second-order valence-corrected chi connectivity index (χ2v) is 3.29. The molecule has 0 saturated heterocycles. The highest BCUT2D eigenvalue weighted by Gasteiger charge is 2.47. The Morgan fingerprint density at radius 2 is 1.89 bits per heavy atom. The molecule has 0 aromatic carbocycles. The molecule has 1 fully saturated rings. The van der Waals surface area contributed by atoms with Gasteiger partial charge in [0.05, 0.1) is 0 Å². The highest BCUT2D eigenvalue weighted by atomic mass is 15.2. The lowest BCUT2D eigenvalue weighted by molar-refractivity contribution is 0.238. The van der Waals surface area contributed by atoms with E-state index in [9.17, 15) is 0 Å². The maximum atomic E-state index is 5.79. The van der Waals surface area contributed by atoms with Gasteiger partial charge < -0.3 is 10.6 Å². The van der Waals surface area contributed by atoms with Crippen molar-refractivity contribution in [3.8, 4) is 0 Å². The van der Waals surface area contributed by atoms with Crippen LogP contribution in [0.4, 0.5) is 0 Å². The molecule has 1 atom stereocenters. The first-order valence-electron chi connectivity index (χ1n) is 3.52. The summed E-state index contributed by atoms with van der Waals surface area (Å²) in [5, 5.41) is 0. The van der Waals surface area contributed by atoms with Gasteiger partial charge in [-0.1, -0.05) is 0 Å². The van der Waals surface area contributed by atoms with Gasteiger partial charge in [-0.05, 0) is 33.9 Å². The lowest BCUT2D eigenvalue weighted by Gasteiger charge is -2.27. The fraction of sp³-hybridized carbons (Fsp3) is 1.00. The first-order chi connectivity index (χ1) is 4.09. The molecule has 0 aliphatic heterocycles. The fourth-order valence-electron chi connectivity index (χ4n) is 1.44. The predicted molar refractivity (Wildman–Crippen MR) is 39.3 cm³/mol. The van der Waals surface area contributed by atoms with Gasteiger partial charge in [0.1, 0.15) is 0 Å². The molecule has 2 N–H and O–H groups in total. The SMILES string of the molecule is CC(N)C1(N(C)C)CC1. The molecule has 0 aromatic rings. The molecule has 1 aliphatic rings. The van der Waals surface area contributed by atoms with Crippen LogP contribution < -0.4 is 5.73 Å². The minimum absolute atomic E-state index is 0.326. The number of nitrogens with two attached hydrogens (primary N) is 1. The Bertz CT molecular complexity index is 93.5. The minimum atomic E-state index is 0.326. The Hall–Kier alpha value is -0.0800. The normalized spacial score (nSPS) is 26.3. The topological polar surface area (TPSA) is 29.3 Å². The monoisotopic (exact) mass is 128 g/mol. The summed E-state index contributed by atoms with van der Waals surface area (Å²) in [6.45, 7) is 2.09. The van der Waals surface area contributed by atoms with Crippen molar-refractivity contribution in [3.05, 3.63) is 0 Å². The van der Waals surface area contributed by atoms with E-state index in [1.165, 1.54) is 12.8 Å². The molecule has 0 radical (unpaired) electrons. The van der Waals surface area contributed by atoms with Crippen molar-refractivity contribution in [2.75, 3.05) is 14.1 Å². The van der Waals surface area contributed by atoms with E-state index in [-0.39, 0.29) is 0 Å². The van der Waals surface area contributed by atoms with Crippen LogP contribution in [-0.4, -0.2) is 30.6 Å². The quantitative estimate of drug-likeness (QED) is 0.584. The Morgan fingerprint density at radius 3 is 1.89 bits per heavy atom. The van der Waals surface area contributed by atoms with Crippen molar-refractivity contribution >= 4 is 0 Å². The second kappa shape index (κ2) is 1.96. The van der Waals surface area contributed by atoms with Gasteiger partial charge in [-0.25, -0.2) is 0 Å². The number of rotatable bonds is 2. The molecule has 54 valence electrons. The number of nitrogens with zero attached hydrogens (tertiary/aromatic N) is 1. The van der Waals surface area contributed by atoms with Crippen LogP contribution in [0.25, 0.3) is 0 Å². The molecule has 0 amide bonds. The van der Waals surface area contributed by atoms with E-state index in [2.05, 4.69) is 25.9 Å². The number of hydrogen-bond donors (Lipinski definition) is 1. The van der Waals surface area contributed by atoms with Gasteiger partial charge in [0.15, 0.2) is 0 Å². The van der Waals surface area contributed by atoms with E-state index >= 15 is 0 Å². The highest BCUT2D eigenvalue weighted by Crippen LogP contribution is 2.41. The second-order valence-electron chi connectivity index (χ2n) is 3.29. The molecule has 1 saturated carbocycles. The van der Waals surface area contributed by atoms with Gasteiger partial charge in [0.25, 0.3) is 0 Å². The van der Waals surface area contributed by atoms with Crippen molar-refractivity contribution in [2.24, 2.45) is 5.73 Å². The molecule has 9 heavy (non-hydrogen) atoms. The average molecular weight is 128 g/mol. The Morgan fingerprint density at radius 1 is 1.44 bits per heavy atom. The predicted octanol–water partition coefficient (Wildman–Crippen LogP) is 0.428. The van der Waals surface area contributed by atoms with Crippen molar-refractivity contribution in [1.82, 2.24) is 4.90 Å². The molecule has 0 spiro atoms. The zero-order valence-corrected chi connectivity index (χ0v) is 6.52. The summed E-state index contributed by atoms with van der Waals surface area (Å²) in [6, 6.07) is 0.326. The van der Waals surface area contributed by atoms with E-state index < -0.39 is 0 Å². The third kappa shape index (κ3) is 0.970. The summed E-state index contributed by atoms with van der Waals surface area (Å²) < 4.78 is 0. The molecular weight excluding hydrogens is 112 g/mol. The first kappa shape index (κ1) is 7.03.